The molecule has 1 fully saturated rings. The maximum atomic E-state index is 12.9. The molecule has 1 N–H and O–H groups in total. The van der Waals surface area contributed by atoms with Gasteiger partial charge >= 0.3 is 0 Å². The Bertz CT molecular complexity index is 946. The highest BCUT2D eigenvalue weighted by atomic mass is 32.2. The number of rotatable bonds is 5. The van der Waals surface area contributed by atoms with Crippen LogP contribution in [0.25, 0.3) is 5.57 Å². The molecule has 0 aliphatic carbocycles. The Balaban J connectivity index is 1.91. The van der Waals surface area contributed by atoms with Gasteiger partial charge in [-0.1, -0.05) is 18.2 Å². The minimum absolute atomic E-state index is 0.213. The average Bonchev–Trinajstić information content (AvgIpc) is 3.04. The Hall–Kier alpha value is -1.97. The number of hydrogen-bond acceptors (Lipinski definition) is 6. The van der Waals surface area contributed by atoms with E-state index in [1.165, 1.54) is 29.7 Å². The van der Waals surface area contributed by atoms with Gasteiger partial charge < -0.3 is 4.74 Å². The van der Waals surface area contributed by atoms with Crippen LogP contribution in [0, 0.1) is 5.92 Å². The van der Waals surface area contributed by atoms with Gasteiger partial charge in [-0.15, -0.1) is 11.3 Å². The second-order valence-electron chi connectivity index (χ2n) is 6.35. The zero-order valence-electron chi connectivity index (χ0n) is 14.8. The minimum Gasteiger partial charge on any atom is -0.381 e. The fourth-order valence-electron chi connectivity index (χ4n) is 2.81. The first kappa shape index (κ1) is 19.8. The monoisotopic (exact) mass is 402 g/mol. The molecule has 0 atom stereocenters. The van der Waals surface area contributed by atoms with Crippen LogP contribution in [-0.4, -0.2) is 46.6 Å². The molecule has 1 aromatic heterocycles. The molecule has 1 aliphatic rings. The summed E-state index contributed by atoms with van der Waals surface area (Å²) in [7, 11) is 2.37. The van der Waals surface area contributed by atoms with E-state index in [9.17, 15) is 13.2 Å². The van der Waals surface area contributed by atoms with E-state index in [2.05, 4.69) is 10.3 Å². The van der Waals surface area contributed by atoms with Crippen molar-refractivity contribution in [2.24, 2.45) is 5.92 Å². The molecule has 6 nitrogen and oxygen atoms in total. The van der Waals surface area contributed by atoms with E-state index >= 15 is 0 Å². The van der Waals surface area contributed by atoms with Crippen LogP contribution in [-0.2, 0) is 19.4 Å². The quantitative estimate of drug-likeness (QED) is 0.609. The zero-order chi connectivity index (χ0) is 19.4. The minimum atomic E-state index is -3.30. The van der Waals surface area contributed by atoms with E-state index in [1.807, 2.05) is 6.08 Å². The highest BCUT2D eigenvalue weighted by molar-refractivity contribution is 7.90. The van der Waals surface area contributed by atoms with Crippen LogP contribution in [0.15, 0.2) is 41.4 Å². The topological polar surface area (TPSA) is 85.4 Å². The Kier molecular flexibility index (Phi) is 6.13. The number of anilines is 1. The van der Waals surface area contributed by atoms with Gasteiger partial charge in [0.25, 0.3) is 5.91 Å². The van der Waals surface area contributed by atoms with Crippen LogP contribution in [0.2, 0.25) is 0 Å². The maximum absolute atomic E-state index is 12.9. The van der Waals surface area contributed by atoms with Crippen molar-refractivity contribution in [3.63, 3.8) is 0 Å². The van der Waals surface area contributed by atoms with E-state index in [0.717, 1.165) is 19.1 Å². The van der Waals surface area contributed by atoms with Crippen molar-refractivity contribution in [2.45, 2.75) is 17.7 Å². The van der Waals surface area contributed by atoms with Crippen LogP contribution < -0.4 is 10.1 Å². The normalized spacial score (nSPS) is 16.3. The molecule has 0 bridgehead atoms. The van der Waals surface area contributed by atoms with Crippen LogP contribution in [0.1, 0.15) is 18.4 Å². The van der Waals surface area contributed by atoms with Gasteiger partial charge in [-0.25, -0.2) is 13.4 Å². The number of amides is 1. The summed E-state index contributed by atoms with van der Waals surface area (Å²) in [5, 5.41) is 3.19. The van der Waals surface area contributed by atoms with Gasteiger partial charge in [0.05, 0.1) is 4.90 Å². The summed E-state index contributed by atoms with van der Waals surface area (Å²) in [6, 6.07) is 6.32. The van der Waals surface area contributed by atoms with Crippen LogP contribution in [0.3, 0.4) is 0 Å². The first-order valence-electron chi connectivity index (χ1n) is 8.45. The molecule has 1 aliphatic heterocycles. The SMILES string of the molecule is [B]c1cnc(NC(=O)/C(=C/C2CCOCC2)c2ccc(S(C)(=O)=O)cc2)s1. The van der Waals surface area contributed by atoms with Gasteiger partial charge in [-0.3, -0.25) is 10.1 Å². The lowest BCUT2D eigenvalue weighted by Gasteiger charge is -2.20. The van der Waals surface area contributed by atoms with E-state index < -0.39 is 9.84 Å². The van der Waals surface area contributed by atoms with Crippen molar-refractivity contribution in [1.82, 2.24) is 4.98 Å². The summed E-state index contributed by atoms with van der Waals surface area (Å²) in [4.78, 5) is 17.1. The summed E-state index contributed by atoms with van der Waals surface area (Å²) in [5.74, 6) is -0.0848. The van der Waals surface area contributed by atoms with Gasteiger partial charge in [0.2, 0.25) is 0 Å². The van der Waals surface area contributed by atoms with E-state index in [1.54, 1.807) is 12.1 Å². The number of carbonyl (C=O) groups is 1. The van der Waals surface area contributed by atoms with Crippen LogP contribution in [0.5, 0.6) is 0 Å². The summed E-state index contributed by atoms with van der Waals surface area (Å²) in [6.45, 7) is 1.32. The number of nitrogens with zero attached hydrogens (tertiary/aromatic N) is 1. The molecular weight excluding hydrogens is 383 g/mol. The molecule has 140 valence electrons. The smallest absolute Gasteiger partial charge is 0.257 e. The maximum Gasteiger partial charge on any atom is 0.257 e. The number of hydrogen-bond donors (Lipinski definition) is 1. The molecule has 0 saturated carbocycles. The summed E-state index contributed by atoms with van der Waals surface area (Å²) in [6.07, 6.45) is 6.25. The second kappa shape index (κ2) is 8.37. The third kappa shape index (κ3) is 5.28. The number of sulfone groups is 1. The first-order valence-corrected chi connectivity index (χ1v) is 11.2. The van der Waals surface area contributed by atoms with E-state index in [0.29, 0.717) is 34.3 Å². The van der Waals surface area contributed by atoms with Crippen molar-refractivity contribution in [3.05, 3.63) is 42.1 Å². The Morgan fingerprint density at radius 3 is 2.52 bits per heavy atom. The largest absolute Gasteiger partial charge is 0.381 e. The standard InChI is InChI=1S/C18H19BN2O4S2/c1-27(23,24)14-4-2-13(3-5-14)15(10-12-6-8-25-9-7-12)17(22)21-18-20-11-16(19)26-18/h2-5,10-12H,6-9H2,1H3,(H,20,21,22)/b15-10+. The predicted molar refractivity (Wildman–Crippen MR) is 107 cm³/mol. The second-order valence-corrected chi connectivity index (χ2v) is 9.43. The highest BCUT2D eigenvalue weighted by Crippen LogP contribution is 2.25. The molecule has 1 amide bonds. The van der Waals surface area contributed by atoms with E-state index in [4.69, 9.17) is 12.6 Å². The van der Waals surface area contributed by atoms with Gasteiger partial charge in [0.15, 0.2) is 15.0 Å². The molecule has 2 aromatic rings. The van der Waals surface area contributed by atoms with E-state index in [-0.39, 0.29) is 16.7 Å². The average molecular weight is 402 g/mol. The Morgan fingerprint density at radius 1 is 1.30 bits per heavy atom. The van der Waals surface area contributed by atoms with Gasteiger partial charge in [0.1, 0.15) is 7.85 Å². The lowest BCUT2D eigenvalue weighted by atomic mass is 9.94. The number of allylic oxidation sites excluding steroid dienone is 1. The molecular formula is C18H19BN2O4S2. The molecule has 3 rings (SSSR count). The predicted octanol–water partition coefficient (Wildman–Crippen LogP) is 1.79. The van der Waals surface area contributed by atoms with Crippen LogP contribution in [0.4, 0.5) is 5.13 Å². The molecule has 0 spiro atoms. The third-order valence-corrected chi connectivity index (χ3v) is 6.12. The molecule has 0 unspecified atom stereocenters. The lowest BCUT2D eigenvalue weighted by Crippen LogP contribution is -2.18. The lowest BCUT2D eigenvalue weighted by molar-refractivity contribution is -0.111. The number of aromatic nitrogens is 1. The molecule has 27 heavy (non-hydrogen) atoms. The molecule has 1 saturated heterocycles. The fourth-order valence-corrected chi connectivity index (χ4v) is 4.02. The molecule has 2 heterocycles. The first-order chi connectivity index (χ1) is 12.8. The van der Waals surface area contributed by atoms with Crippen LogP contribution >= 0.6 is 11.3 Å². The number of ether oxygens (including phenoxy) is 1. The molecule has 1 aromatic carbocycles. The number of nitrogens with one attached hydrogen (secondary N) is 1. The molecule has 9 heteroatoms. The third-order valence-electron chi connectivity index (χ3n) is 4.25. The van der Waals surface area contributed by atoms with Crippen molar-refractivity contribution < 1.29 is 17.9 Å². The van der Waals surface area contributed by atoms with Gasteiger partial charge in [0, 0.05) is 31.2 Å². The number of thiazole rings is 1. The summed E-state index contributed by atoms with van der Waals surface area (Å²) in [5.41, 5.74) is 1.13. The highest BCUT2D eigenvalue weighted by Gasteiger charge is 2.19. The van der Waals surface area contributed by atoms with Crippen molar-refractivity contribution >= 4 is 50.4 Å². The number of benzene rings is 1. The van der Waals surface area contributed by atoms with Gasteiger partial charge in [-0.2, -0.15) is 0 Å². The van der Waals surface area contributed by atoms with Crippen molar-refractivity contribution in [1.29, 1.82) is 0 Å². The summed E-state index contributed by atoms with van der Waals surface area (Å²) >= 11 is 1.19. The molecule has 2 radical (unpaired) electrons. The fraction of sp³-hybridized carbons (Fsp3) is 0.333. The zero-order valence-corrected chi connectivity index (χ0v) is 16.5. The van der Waals surface area contributed by atoms with Gasteiger partial charge in [-0.05, 0) is 41.2 Å². The van der Waals surface area contributed by atoms with Crippen molar-refractivity contribution in [2.75, 3.05) is 24.8 Å². The van der Waals surface area contributed by atoms with Crippen molar-refractivity contribution in [3.8, 4) is 0 Å². The Morgan fingerprint density at radius 2 is 1.96 bits per heavy atom. The Labute approximate surface area is 164 Å². The number of carbonyl (C=O) groups excluding carboxylic acids is 1. The summed E-state index contributed by atoms with van der Waals surface area (Å²) < 4.78 is 29.3.